The third-order valence-electron chi connectivity index (χ3n) is 2.26. The van der Waals surface area contributed by atoms with E-state index in [2.05, 4.69) is 12.6 Å². The van der Waals surface area contributed by atoms with Crippen LogP contribution >= 0.6 is 12.6 Å². The highest BCUT2D eigenvalue weighted by molar-refractivity contribution is 7.80. The molecule has 0 aliphatic heterocycles. The van der Waals surface area contributed by atoms with E-state index in [4.69, 9.17) is 0 Å². The molecule has 1 aromatic carbocycles. The van der Waals surface area contributed by atoms with Crippen molar-refractivity contribution in [2.24, 2.45) is 0 Å². The number of allylic oxidation sites excluding steroid dienone is 2. The second kappa shape index (κ2) is 4.03. The van der Waals surface area contributed by atoms with Gasteiger partial charge in [-0.25, -0.2) is 0 Å². The van der Waals surface area contributed by atoms with Gasteiger partial charge in [0.2, 0.25) is 0 Å². The van der Waals surface area contributed by atoms with Crippen LogP contribution in [0, 0.1) is 0 Å². The lowest BCUT2D eigenvalue weighted by Gasteiger charge is -2.13. The first kappa shape index (κ1) is 9.56. The summed E-state index contributed by atoms with van der Waals surface area (Å²) in [6.07, 6.45) is 6.23. The number of aliphatic hydroxyl groups is 1. The molecule has 1 aromatic rings. The van der Waals surface area contributed by atoms with Crippen LogP contribution in [0.2, 0.25) is 0 Å². The molecule has 0 bridgehead atoms. The van der Waals surface area contributed by atoms with Gasteiger partial charge in [0.05, 0.1) is 6.10 Å². The van der Waals surface area contributed by atoms with E-state index in [9.17, 15) is 5.11 Å². The Kier molecular flexibility index (Phi) is 2.75. The van der Waals surface area contributed by atoms with Gasteiger partial charge in [-0.05, 0) is 29.7 Å². The fraction of sp³-hybridized carbons (Fsp3) is 0.167. The molecule has 0 radical (unpaired) electrons. The Bertz CT molecular complexity index is 393. The fourth-order valence-electron chi connectivity index (χ4n) is 1.56. The number of hydrogen-bond donors (Lipinski definition) is 2. The quantitative estimate of drug-likeness (QED) is 0.674. The molecule has 2 heteroatoms. The van der Waals surface area contributed by atoms with E-state index in [0.29, 0.717) is 6.42 Å². The van der Waals surface area contributed by atoms with Crippen molar-refractivity contribution in [3.8, 4) is 0 Å². The summed E-state index contributed by atoms with van der Waals surface area (Å²) in [4.78, 5) is 0.942. The number of rotatable bonds is 1. The topological polar surface area (TPSA) is 20.2 Å². The van der Waals surface area contributed by atoms with E-state index < -0.39 is 0 Å². The van der Waals surface area contributed by atoms with Crippen LogP contribution in [-0.2, 0) is 0 Å². The molecule has 0 saturated heterocycles. The first-order valence-corrected chi connectivity index (χ1v) is 5.07. The normalized spacial score (nSPS) is 20.7. The monoisotopic (exact) mass is 204 g/mol. The summed E-state index contributed by atoms with van der Waals surface area (Å²) in [5.74, 6) is 0. The highest BCUT2D eigenvalue weighted by atomic mass is 32.1. The first-order valence-electron chi connectivity index (χ1n) is 4.62. The molecule has 1 atom stereocenters. The average molecular weight is 204 g/mol. The van der Waals surface area contributed by atoms with Crippen LogP contribution < -0.4 is 0 Å². The Morgan fingerprint density at radius 2 is 2.07 bits per heavy atom. The fourth-order valence-corrected chi connectivity index (χ4v) is 1.85. The second-order valence-electron chi connectivity index (χ2n) is 3.34. The van der Waals surface area contributed by atoms with Gasteiger partial charge in [-0.2, -0.15) is 0 Å². The van der Waals surface area contributed by atoms with Crippen LogP contribution in [0.5, 0.6) is 0 Å². The Morgan fingerprint density at radius 1 is 1.29 bits per heavy atom. The molecule has 1 N–H and O–H groups in total. The molecule has 14 heavy (non-hydrogen) atoms. The third-order valence-corrected chi connectivity index (χ3v) is 2.65. The van der Waals surface area contributed by atoms with Crippen molar-refractivity contribution in [1.29, 1.82) is 0 Å². The Labute approximate surface area is 89.2 Å². The molecule has 0 spiro atoms. The largest absolute Gasteiger partial charge is 0.389 e. The summed E-state index contributed by atoms with van der Waals surface area (Å²) in [5, 5.41) is 9.48. The number of aliphatic hydroxyl groups excluding tert-OH is 1. The van der Waals surface area contributed by atoms with Crippen molar-refractivity contribution < 1.29 is 5.11 Å². The molecule has 2 rings (SSSR count). The van der Waals surface area contributed by atoms with Crippen LogP contribution in [0.1, 0.15) is 12.0 Å². The van der Waals surface area contributed by atoms with Crippen LogP contribution in [-0.4, -0.2) is 11.2 Å². The van der Waals surface area contributed by atoms with Crippen molar-refractivity contribution in [3.05, 3.63) is 48.1 Å². The molecular weight excluding hydrogens is 192 g/mol. The Balaban J connectivity index is 2.40. The minimum absolute atomic E-state index is 0.358. The summed E-state index contributed by atoms with van der Waals surface area (Å²) in [5.41, 5.74) is 2.13. The van der Waals surface area contributed by atoms with Crippen LogP contribution in [0.15, 0.2) is 47.4 Å². The average Bonchev–Trinajstić information content (AvgIpc) is 2.18. The second-order valence-corrected chi connectivity index (χ2v) is 3.83. The summed E-state index contributed by atoms with van der Waals surface area (Å²) in [6, 6.07) is 7.89. The van der Waals surface area contributed by atoms with E-state index in [-0.39, 0.29) is 6.10 Å². The first-order chi connectivity index (χ1) is 6.77. The van der Waals surface area contributed by atoms with Gasteiger partial charge in [0, 0.05) is 4.90 Å². The highest BCUT2D eigenvalue weighted by Crippen LogP contribution is 2.26. The maximum absolute atomic E-state index is 9.48. The minimum Gasteiger partial charge on any atom is -0.389 e. The molecular formula is C12H12OS. The number of hydrogen-bond acceptors (Lipinski definition) is 2. The summed E-state index contributed by atoms with van der Waals surface area (Å²) in [6.45, 7) is 0. The molecule has 0 heterocycles. The maximum Gasteiger partial charge on any atom is 0.0764 e. The highest BCUT2D eigenvalue weighted by Gasteiger charge is 2.08. The molecule has 1 aliphatic rings. The standard InChI is InChI=1S/C12H12OS/c13-10-5-3-4-9(8-10)11-6-1-2-7-12(11)14/h1-4,6-8,10,13-14H,5H2. The smallest absolute Gasteiger partial charge is 0.0764 e. The Hall–Kier alpha value is -0.990. The van der Waals surface area contributed by atoms with Gasteiger partial charge in [-0.15, -0.1) is 12.6 Å². The number of thiol groups is 1. The SMILES string of the molecule is OC1C=C(c2ccccc2S)C=CC1. The van der Waals surface area contributed by atoms with Crippen molar-refractivity contribution in [2.45, 2.75) is 17.4 Å². The number of benzene rings is 1. The van der Waals surface area contributed by atoms with Gasteiger partial charge in [-0.3, -0.25) is 0 Å². The molecule has 0 saturated carbocycles. The summed E-state index contributed by atoms with van der Waals surface area (Å²) < 4.78 is 0. The van der Waals surface area contributed by atoms with Crippen molar-refractivity contribution in [2.75, 3.05) is 0 Å². The zero-order chi connectivity index (χ0) is 9.97. The van der Waals surface area contributed by atoms with Crippen LogP contribution in [0.4, 0.5) is 0 Å². The van der Waals surface area contributed by atoms with E-state index >= 15 is 0 Å². The van der Waals surface area contributed by atoms with E-state index in [0.717, 1.165) is 16.0 Å². The molecule has 1 unspecified atom stereocenters. The van der Waals surface area contributed by atoms with Crippen molar-refractivity contribution >= 4 is 18.2 Å². The molecule has 0 fully saturated rings. The van der Waals surface area contributed by atoms with Crippen molar-refractivity contribution in [1.82, 2.24) is 0 Å². The van der Waals surface area contributed by atoms with E-state index in [1.54, 1.807) is 0 Å². The van der Waals surface area contributed by atoms with Gasteiger partial charge in [0.15, 0.2) is 0 Å². The minimum atomic E-state index is -0.358. The van der Waals surface area contributed by atoms with Crippen LogP contribution in [0.25, 0.3) is 5.57 Å². The van der Waals surface area contributed by atoms with Gasteiger partial charge in [0.25, 0.3) is 0 Å². The molecule has 0 amide bonds. The molecule has 1 aliphatic carbocycles. The lowest BCUT2D eigenvalue weighted by molar-refractivity contribution is 0.226. The van der Waals surface area contributed by atoms with Gasteiger partial charge < -0.3 is 5.11 Å². The summed E-state index contributed by atoms with van der Waals surface area (Å²) >= 11 is 4.38. The molecule has 0 aromatic heterocycles. The van der Waals surface area contributed by atoms with E-state index in [1.165, 1.54) is 0 Å². The maximum atomic E-state index is 9.48. The molecule has 72 valence electrons. The predicted octanol–water partition coefficient (Wildman–Crippen LogP) is 2.68. The molecule has 1 nitrogen and oxygen atoms in total. The third kappa shape index (κ3) is 1.91. The van der Waals surface area contributed by atoms with Crippen LogP contribution in [0.3, 0.4) is 0 Å². The van der Waals surface area contributed by atoms with Gasteiger partial charge in [0.1, 0.15) is 0 Å². The lowest BCUT2D eigenvalue weighted by Crippen LogP contribution is -2.04. The zero-order valence-electron chi connectivity index (χ0n) is 7.72. The van der Waals surface area contributed by atoms with Crippen molar-refractivity contribution in [3.63, 3.8) is 0 Å². The predicted molar refractivity (Wildman–Crippen MR) is 61.4 cm³/mol. The Morgan fingerprint density at radius 3 is 2.79 bits per heavy atom. The lowest BCUT2D eigenvalue weighted by atomic mass is 9.98. The van der Waals surface area contributed by atoms with Gasteiger partial charge in [-0.1, -0.05) is 30.4 Å². The summed E-state index contributed by atoms with van der Waals surface area (Å²) in [7, 11) is 0. The van der Waals surface area contributed by atoms with E-state index in [1.807, 2.05) is 42.5 Å². The zero-order valence-corrected chi connectivity index (χ0v) is 8.61. The van der Waals surface area contributed by atoms with Gasteiger partial charge >= 0.3 is 0 Å².